The summed E-state index contributed by atoms with van der Waals surface area (Å²) in [6, 6.07) is 5.31. The fourth-order valence-corrected chi connectivity index (χ4v) is 1.53. The van der Waals surface area contributed by atoms with E-state index in [1.807, 2.05) is 19.1 Å². The number of halogens is 2. The number of ether oxygens (including phenoxy) is 1. The van der Waals surface area contributed by atoms with Crippen LogP contribution in [0.2, 0.25) is 5.02 Å². The number of alkyl halides is 1. The maximum absolute atomic E-state index is 5.99. The monoisotopic (exact) mass is 233 g/mol. The third-order valence-electron chi connectivity index (χ3n) is 1.85. The highest BCUT2D eigenvalue weighted by Crippen LogP contribution is 2.27. The molecule has 1 rings (SSSR count). The van der Waals surface area contributed by atoms with Crippen LogP contribution in [0.15, 0.2) is 18.2 Å². The highest BCUT2D eigenvalue weighted by molar-refractivity contribution is 6.32. The van der Waals surface area contributed by atoms with Crippen LogP contribution in [0.1, 0.15) is 18.5 Å². The van der Waals surface area contributed by atoms with Crippen LogP contribution in [-0.4, -0.2) is 12.5 Å². The second-order valence-electron chi connectivity index (χ2n) is 2.88. The number of hydrogen-bond donors (Lipinski definition) is 1. The molecule has 0 radical (unpaired) electrons. The van der Waals surface area contributed by atoms with Gasteiger partial charge in [-0.05, 0) is 24.6 Å². The van der Waals surface area contributed by atoms with Crippen molar-refractivity contribution in [1.29, 1.82) is 0 Å². The molecule has 0 aromatic heterocycles. The molecular weight excluding hydrogens is 221 g/mol. The van der Waals surface area contributed by atoms with E-state index < -0.39 is 0 Å². The molecule has 0 bridgehead atoms. The van der Waals surface area contributed by atoms with Gasteiger partial charge in [0.25, 0.3) is 0 Å². The highest BCUT2D eigenvalue weighted by Gasteiger charge is 2.07. The maximum atomic E-state index is 5.99. The van der Waals surface area contributed by atoms with Gasteiger partial charge in [0.05, 0.1) is 11.6 Å². The summed E-state index contributed by atoms with van der Waals surface area (Å²) in [7, 11) is 0. The topological polar surface area (TPSA) is 35.2 Å². The van der Waals surface area contributed by atoms with Gasteiger partial charge in [-0.3, -0.25) is 0 Å². The van der Waals surface area contributed by atoms with E-state index in [1.165, 1.54) is 0 Å². The molecule has 0 aliphatic carbocycles. The average Bonchev–Trinajstić information content (AvgIpc) is 2.20. The Balaban J connectivity index is 2.88. The lowest BCUT2D eigenvalue weighted by Gasteiger charge is -2.11. The van der Waals surface area contributed by atoms with E-state index in [0.29, 0.717) is 23.3 Å². The Morgan fingerprint density at radius 1 is 1.50 bits per heavy atom. The number of hydrogen-bond acceptors (Lipinski definition) is 2. The van der Waals surface area contributed by atoms with Crippen molar-refractivity contribution in [2.45, 2.75) is 13.0 Å². The van der Waals surface area contributed by atoms with Crippen LogP contribution >= 0.6 is 23.2 Å². The lowest BCUT2D eigenvalue weighted by Crippen LogP contribution is -2.11. The minimum Gasteiger partial charge on any atom is -0.492 e. The smallest absolute Gasteiger partial charge is 0.137 e. The molecule has 0 fully saturated rings. The minimum absolute atomic E-state index is 0.176. The Hall–Kier alpha value is -0.440. The summed E-state index contributed by atoms with van der Waals surface area (Å²) in [5, 5.41) is 0.574. The van der Waals surface area contributed by atoms with Gasteiger partial charge in [0, 0.05) is 11.9 Å². The predicted octanol–water partition coefficient (Wildman–Crippen LogP) is 2.98. The van der Waals surface area contributed by atoms with Crippen molar-refractivity contribution in [2.24, 2.45) is 5.73 Å². The largest absolute Gasteiger partial charge is 0.492 e. The first-order chi connectivity index (χ1) is 6.69. The van der Waals surface area contributed by atoms with Gasteiger partial charge in [0.1, 0.15) is 5.75 Å². The van der Waals surface area contributed by atoms with Crippen molar-refractivity contribution in [3.8, 4) is 5.75 Å². The summed E-state index contributed by atoms with van der Waals surface area (Å²) < 4.78 is 5.30. The fourth-order valence-electron chi connectivity index (χ4n) is 1.11. The second kappa shape index (κ2) is 5.44. The maximum Gasteiger partial charge on any atom is 0.137 e. The molecule has 78 valence electrons. The zero-order chi connectivity index (χ0) is 10.6. The van der Waals surface area contributed by atoms with E-state index in [9.17, 15) is 0 Å². The van der Waals surface area contributed by atoms with Gasteiger partial charge < -0.3 is 10.5 Å². The second-order valence-corrected chi connectivity index (χ2v) is 3.60. The number of nitrogens with two attached hydrogens (primary N) is 1. The first-order valence-electron chi connectivity index (χ1n) is 4.42. The summed E-state index contributed by atoms with van der Waals surface area (Å²) in [5.41, 5.74) is 6.68. The van der Waals surface area contributed by atoms with E-state index in [4.69, 9.17) is 33.7 Å². The SMILES string of the molecule is CCOc1ccc(C(N)CCl)cc1Cl. The molecular formula is C10H13Cl2NO. The van der Waals surface area contributed by atoms with E-state index >= 15 is 0 Å². The predicted molar refractivity (Wildman–Crippen MR) is 60.3 cm³/mol. The van der Waals surface area contributed by atoms with Crippen molar-refractivity contribution < 1.29 is 4.74 Å². The van der Waals surface area contributed by atoms with Crippen molar-refractivity contribution in [1.82, 2.24) is 0 Å². The van der Waals surface area contributed by atoms with Crippen LogP contribution in [0.5, 0.6) is 5.75 Å². The molecule has 0 saturated heterocycles. The van der Waals surface area contributed by atoms with Crippen molar-refractivity contribution in [2.75, 3.05) is 12.5 Å². The molecule has 1 atom stereocenters. The Morgan fingerprint density at radius 3 is 2.71 bits per heavy atom. The third-order valence-corrected chi connectivity index (χ3v) is 2.48. The van der Waals surface area contributed by atoms with Crippen LogP contribution in [-0.2, 0) is 0 Å². The lowest BCUT2D eigenvalue weighted by molar-refractivity contribution is 0.340. The van der Waals surface area contributed by atoms with Crippen LogP contribution in [0.3, 0.4) is 0 Å². The van der Waals surface area contributed by atoms with Crippen LogP contribution < -0.4 is 10.5 Å². The van der Waals surface area contributed by atoms with Gasteiger partial charge in [-0.2, -0.15) is 0 Å². The summed E-state index contributed by atoms with van der Waals surface area (Å²) in [4.78, 5) is 0. The van der Waals surface area contributed by atoms with Gasteiger partial charge in [-0.25, -0.2) is 0 Å². The summed E-state index contributed by atoms with van der Waals surface area (Å²) in [6.07, 6.45) is 0. The van der Waals surface area contributed by atoms with Gasteiger partial charge in [0.15, 0.2) is 0 Å². The van der Waals surface area contributed by atoms with E-state index in [-0.39, 0.29) is 6.04 Å². The molecule has 1 aromatic rings. The molecule has 14 heavy (non-hydrogen) atoms. The molecule has 0 aliphatic rings. The van der Waals surface area contributed by atoms with Gasteiger partial charge in [0.2, 0.25) is 0 Å². The van der Waals surface area contributed by atoms with Crippen LogP contribution in [0.4, 0.5) is 0 Å². The Kier molecular flexibility index (Phi) is 4.52. The molecule has 0 saturated carbocycles. The molecule has 2 nitrogen and oxygen atoms in total. The highest BCUT2D eigenvalue weighted by atomic mass is 35.5. The third kappa shape index (κ3) is 2.77. The number of rotatable bonds is 4. The van der Waals surface area contributed by atoms with Gasteiger partial charge in [-0.15, -0.1) is 11.6 Å². The molecule has 4 heteroatoms. The van der Waals surface area contributed by atoms with Gasteiger partial charge >= 0.3 is 0 Å². The Bertz CT molecular complexity index is 304. The van der Waals surface area contributed by atoms with Crippen molar-refractivity contribution in [3.63, 3.8) is 0 Å². The van der Waals surface area contributed by atoms with Crippen molar-refractivity contribution >= 4 is 23.2 Å². The first-order valence-corrected chi connectivity index (χ1v) is 5.34. The quantitative estimate of drug-likeness (QED) is 0.813. The molecule has 1 aromatic carbocycles. The van der Waals surface area contributed by atoms with E-state index in [0.717, 1.165) is 5.56 Å². The minimum atomic E-state index is -0.176. The summed E-state index contributed by atoms with van der Waals surface area (Å²) >= 11 is 11.6. The normalized spacial score (nSPS) is 12.6. The zero-order valence-corrected chi connectivity index (χ0v) is 9.48. The summed E-state index contributed by atoms with van der Waals surface area (Å²) in [5.74, 6) is 1.06. The molecule has 0 amide bonds. The zero-order valence-electron chi connectivity index (χ0n) is 7.97. The Labute approximate surface area is 94.0 Å². The first kappa shape index (κ1) is 11.6. The van der Waals surface area contributed by atoms with E-state index in [1.54, 1.807) is 6.07 Å². The Morgan fingerprint density at radius 2 is 2.21 bits per heavy atom. The van der Waals surface area contributed by atoms with Gasteiger partial charge in [-0.1, -0.05) is 17.7 Å². The fraction of sp³-hybridized carbons (Fsp3) is 0.400. The van der Waals surface area contributed by atoms with Crippen LogP contribution in [0, 0.1) is 0 Å². The molecule has 0 aliphatic heterocycles. The molecule has 0 heterocycles. The molecule has 0 spiro atoms. The van der Waals surface area contributed by atoms with E-state index in [2.05, 4.69) is 0 Å². The lowest BCUT2D eigenvalue weighted by atomic mass is 10.1. The summed E-state index contributed by atoms with van der Waals surface area (Å²) in [6.45, 7) is 2.51. The van der Waals surface area contributed by atoms with Crippen molar-refractivity contribution in [3.05, 3.63) is 28.8 Å². The average molecular weight is 234 g/mol. The molecule has 2 N–H and O–H groups in total. The van der Waals surface area contributed by atoms with Crippen LogP contribution in [0.25, 0.3) is 0 Å². The number of benzene rings is 1. The molecule has 1 unspecified atom stereocenters. The standard InChI is InChI=1S/C10H13Cl2NO/c1-2-14-10-4-3-7(5-8(10)12)9(13)6-11/h3-5,9H,2,6,13H2,1H3.